The van der Waals surface area contributed by atoms with Crippen LogP contribution in [0.15, 0.2) is 36.5 Å². The molecule has 3 rings (SSSR count). The first-order valence-electron chi connectivity index (χ1n) is 7.88. The highest BCUT2D eigenvalue weighted by atomic mass is 16.5. The molecular formula is C17H22N4O2. The Morgan fingerprint density at radius 1 is 1.22 bits per heavy atom. The smallest absolute Gasteiger partial charge is 0.224 e. The van der Waals surface area contributed by atoms with Crippen molar-refractivity contribution >= 4 is 11.8 Å². The molecule has 1 aliphatic rings. The van der Waals surface area contributed by atoms with E-state index in [4.69, 9.17) is 9.47 Å². The van der Waals surface area contributed by atoms with Gasteiger partial charge in [-0.15, -0.1) is 0 Å². The van der Waals surface area contributed by atoms with Crippen LogP contribution in [-0.2, 0) is 11.2 Å². The van der Waals surface area contributed by atoms with Gasteiger partial charge >= 0.3 is 0 Å². The van der Waals surface area contributed by atoms with Crippen molar-refractivity contribution in [3.63, 3.8) is 0 Å². The van der Waals surface area contributed by atoms with Crippen molar-refractivity contribution in [3.8, 4) is 5.75 Å². The van der Waals surface area contributed by atoms with Gasteiger partial charge in [0.15, 0.2) is 0 Å². The zero-order chi connectivity index (χ0) is 15.9. The van der Waals surface area contributed by atoms with Crippen molar-refractivity contribution in [2.75, 3.05) is 50.2 Å². The van der Waals surface area contributed by atoms with Crippen LogP contribution in [-0.4, -0.2) is 49.9 Å². The van der Waals surface area contributed by atoms with Crippen molar-refractivity contribution < 1.29 is 9.47 Å². The van der Waals surface area contributed by atoms with E-state index in [0.29, 0.717) is 5.95 Å². The second kappa shape index (κ2) is 7.78. The van der Waals surface area contributed by atoms with Gasteiger partial charge in [0.2, 0.25) is 5.95 Å². The maximum Gasteiger partial charge on any atom is 0.224 e. The van der Waals surface area contributed by atoms with Gasteiger partial charge < -0.3 is 19.7 Å². The van der Waals surface area contributed by atoms with E-state index in [1.165, 1.54) is 5.56 Å². The van der Waals surface area contributed by atoms with Crippen LogP contribution in [0.4, 0.5) is 11.8 Å². The van der Waals surface area contributed by atoms with Gasteiger partial charge in [0, 0.05) is 25.8 Å². The molecule has 1 aliphatic heterocycles. The van der Waals surface area contributed by atoms with E-state index >= 15 is 0 Å². The van der Waals surface area contributed by atoms with Crippen molar-refractivity contribution in [1.29, 1.82) is 0 Å². The van der Waals surface area contributed by atoms with E-state index in [9.17, 15) is 0 Å². The number of benzene rings is 1. The first-order valence-corrected chi connectivity index (χ1v) is 7.88. The van der Waals surface area contributed by atoms with Gasteiger partial charge in [-0.3, -0.25) is 0 Å². The van der Waals surface area contributed by atoms with E-state index < -0.39 is 0 Å². The summed E-state index contributed by atoms with van der Waals surface area (Å²) in [5.41, 5.74) is 1.17. The number of methoxy groups -OCH3 is 1. The third kappa shape index (κ3) is 4.10. The molecule has 0 spiro atoms. The van der Waals surface area contributed by atoms with Crippen LogP contribution in [0.25, 0.3) is 0 Å². The van der Waals surface area contributed by atoms with Crippen LogP contribution < -0.4 is 15.0 Å². The maximum atomic E-state index is 5.37. The van der Waals surface area contributed by atoms with Gasteiger partial charge in [-0.25, -0.2) is 4.98 Å². The van der Waals surface area contributed by atoms with E-state index in [0.717, 1.165) is 50.8 Å². The molecule has 0 radical (unpaired) electrons. The second-order valence-corrected chi connectivity index (χ2v) is 5.33. The molecular weight excluding hydrogens is 292 g/mol. The number of hydrogen-bond donors (Lipinski definition) is 1. The van der Waals surface area contributed by atoms with E-state index in [1.54, 1.807) is 13.3 Å². The molecule has 23 heavy (non-hydrogen) atoms. The summed E-state index contributed by atoms with van der Waals surface area (Å²) in [5.74, 6) is 2.52. The summed E-state index contributed by atoms with van der Waals surface area (Å²) in [6.45, 7) is 4.00. The Labute approximate surface area is 136 Å². The zero-order valence-corrected chi connectivity index (χ0v) is 13.4. The Morgan fingerprint density at radius 2 is 2.04 bits per heavy atom. The average Bonchev–Trinajstić information content (AvgIpc) is 2.63. The predicted octanol–water partition coefficient (Wildman–Crippen LogP) is 1.98. The van der Waals surface area contributed by atoms with Crippen LogP contribution in [0.2, 0.25) is 0 Å². The number of anilines is 2. The first-order chi connectivity index (χ1) is 11.4. The van der Waals surface area contributed by atoms with Gasteiger partial charge in [0.25, 0.3) is 0 Å². The Hall–Kier alpha value is -2.34. The molecule has 1 saturated heterocycles. The largest absolute Gasteiger partial charge is 0.496 e. The van der Waals surface area contributed by atoms with Crippen LogP contribution in [0.1, 0.15) is 5.56 Å². The lowest BCUT2D eigenvalue weighted by molar-refractivity contribution is 0.122. The molecule has 2 aromatic rings. The molecule has 1 N–H and O–H groups in total. The van der Waals surface area contributed by atoms with Gasteiger partial charge in [-0.1, -0.05) is 18.2 Å². The van der Waals surface area contributed by atoms with E-state index in [1.807, 2.05) is 24.3 Å². The normalized spacial score (nSPS) is 14.6. The standard InChI is InChI=1S/C17H22N4O2/c1-22-15-5-3-2-4-14(15)6-8-18-17-19-9-7-16(20-17)21-10-12-23-13-11-21/h2-5,7,9H,6,8,10-13H2,1H3,(H,18,19,20). The Bertz CT molecular complexity index is 629. The van der Waals surface area contributed by atoms with Crippen molar-refractivity contribution in [1.82, 2.24) is 9.97 Å². The molecule has 0 amide bonds. The van der Waals surface area contributed by atoms with Gasteiger partial charge in [0.05, 0.1) is 20.3 Å². The number of nitrogens with zero attached hydrogens (tertiary/aromatic N) is 3. The quantitative estimate of drug-likeness (QED) is 0.880. The molecule has 6 nitrogen and oxygen atoms in total. The number of ether oxygens (including phenoxy) is 2. The number of morpholine rings is 1. The Kier molecular flexibility index (Phi) is 5.26. The summed E-state index contributed by atoms with van der Waals surface area (Å²) >= 11 is 0. The molecule has 0 aliphatic carbocycles. The minimum atomic E-state index is 0.656. The summed E-state index contributed by atoms with van der Waals surface area (Å²) in [4.78, 5) is 11.1. The molecule has 1 aromatic heterocycles. The second-order valence-electron chi connectivity index (χ2n) is 5.33. The van der Waals surface area contributed by atoms with E-state index in [-0.39, 0.29) is 0 Å². The highest BCUT2D eigenvalue weighted by Gasteiger charge is 2.12. The number of aromatic nitrogens is 2. The van der Waals surface area contributed by atoms with Gasteiger partial charge in [0.1, 0.15) is 11.6 Å². The summed E-state index contributed by atoms with van der Waals surface area (Å²) in [6.07, 6.45) is 2.65. The number of para-hydroxylation sites is 1. The third-order valence-electron chi connectivity index (χ3n) is 3.85. The van der Waals surface area contributed by atoms with E-state index in [2.05, 4.69) is 26.3 Å². The van der Waals surface area contributed by atoms with Crippen molar-refractivity contribution in [2.45, 2.75) is 6.42 Å². The van der Waals surface area contributed by atoms with Gasteiger partial charge in [-0.2, -0.15) is 4.98 Å². The first kappa shape index (κ1) is 15.6. The zero-order valence-electron chi connectivity index (χ0n) is 13.4. The topological polar surface area (TPSA) is 59.5 Å². The summed E-state index contributed by atoms with van der Waals surface area (Å²) < 4.78 is 10.7. The SMILES string of the molecule is COc1ccccc1CCNc1nccc(N2CCOCC2)n1. The van der Waals surface area contributed by atoms with Crippen LogP contribution in [0.5, 0.6) is 5.75 Å². The fourth-order valence-electron chi connectivity index (χ4n) is 2.62. The molecule has 2 heterocycles. The summed E-state index contributed by atoms with van der Waals surface area (Å²) in [7, 11) is 1.70. The highest BCUT2D eigenvalue weighted by molar-refractivity contribution is 5.43. The maximum absolute atomic E-state index is 5.37. The minimum Gasteiger partial charge on any atom is -0.496 e. The molecule has 0 saturated carbocycles. The van der Waals surface area contributed by atoms with Crippen LogP contribution in [0.3, 0.4) is 0 Å². The lowest BCUT2D eigenvalue weighted by atomic mass is 10.1. The molecule has 6 heteroatoms. The molecule has 0 bridgehead atoms. The van der Waals surface area contributed by atoms with Crippen LogP contribution >= 0.6 is 0 Å². The van der Waals surface area contributed by atoms with Crippen LogP contribution in [0, 0.1) is 0 Å². The average molecular weight is 314 g/mol. The predicted molar refractivity (Wildman–Crippen MR) is 90.3 cm³/mol. The number of hydrogen-bond acceptors (Lipinski definition) is 6. The minimum absolute atomic E-state index is 0.656. The monoisotopic (exact) mass is 314 g/mol. The highest BCUT2D eigenvalue weighted by Crippen LogP contribution is 2.18. The Balaban J connectivity index is 1.58. The molecule has 0 unspecified atom stereocenters. The Morgan fingerprint density at radius 3 is 2.87 bits per heavy atom. The molecule has 1 aromatic carbocycles. The lowest BCUT2D eigenvalue weighted by Crippen LogP contribution is -2.36. The fraction of sp³-hybridized carbons (Fsp3) is 0.412. The molecule has 122 valence electrons. The molecule has 0 atom stereocenters. The number of rotatable bonds is 6. The lowest BCUT2D eigenvalue weighted by Gasteiger charge is -2.27. The van der Waals surface area contributed by atoms with Gasteiger partial charge in [-0.05, 0) is 24.1 Å². The summed E-state index contributed by atoms with van der Waals surface area (Å²) in [5, 5.41) is 3.29. The van der Waals surface area contributed by atoms with Crippen molar-refractivity contribution in [2.24, 2.45) is 0 Å². The third-order valence-corrected chi connectivity index (χ3v) is 3.85. The summed E-state index contributed by atoms with van der Waals surface area (Å²) in [6, 6.07) is 9.99. The molecule has 1 fully saturated rings. The number of nitrogens with one attached hydrogen (secondary N) is 1. The van der Waals surface area contributed by atoms with Crippen molar-refractivity contribution in [3.05, 3.63) is 42.1 Å². The fourth-order valence-corrected chi connectivity index (χ4v) is 2.62.